The Hall–Kier alpha value is -3.59. The predicted octanol–water partition coefficient (Wildman–Crippen LogP) is 3.44. The van der Waals surface area contributed by atoms with Crippen LogP contribution in [0.15, 0.2) is 63.5 Å². The molecule has 0 fully saturated rings. The normalized spacial score (nSPS) is 11.0. The van der Waals surface area contributed by atoms with Gasteiger partial charge in [0.2, 0.25) is 5.91 Å². The highest BCUT2D eigenvalue weighted by Crippen LogP contribution is 2.19. The van der Waals surface area contributed by atoms with Crippen LogP contribution in [0.25, 0.3) is 15.9 Å². The first-order valence-corrected chi connectivity index (χ1v) is 9.79. The van der Waals surface area contributed by atoms with Gasteiger partial charge in [0.15, 0.2) is 0 Å². The first-order chi connectivity index (χ1) is 14.4. The lowest BCUT2D eigenvalue weighted by Gasteiger charge is -2.13. The molecular weight excluding hydrogens is 412 g/mol. The van der Waals surface area contributed by atoms with E-state index in [4.69, 9.17) is 0 Å². The number of amides is 1. The minimum absolute atomic E-state index is 0.182. The Labute approximate surface area is 172 Å². The zero-order valence-corrected chi connectivity index (χ0v) is 16.5. The van der Waals surface area contributed by atoms with Gasteiger partial charge in [-0.2, -0.15) is 0 Å². The van der Waals surface area contributed by atoms with Crippen molar-refractivity contribution in [3.63, 3.8) is 0 Å². The number of rotatable bonds is 4. The van der Waals surface area contributed by atoms with Crippen LogP contribution in [-0.2, 0) is 11.3 Å². The van der Waals surface area contributed by atoms with E-state index in [0.29, 0.717) is 16.3 Å². The number of carbonyl (C=O) groups excluding carboxylic acids is 1. The van der Waals surface area contributed by atoms with E-state index in [9.17, 15) is 23.2 Å². The lowest BCUT2D eigenvalue weighted by molar-refractivity contribution is -0.116. The summed E-state index contributed by atoms with van der Waals surface area (Å²) in [6.45, 7) is 1.44. The van der Waals surface area contributed by atoms with Gasteiger partial charge < -0.3 is 5.32 Å². The molecule has 4 rings (SSSR count). The molecular formula is C21H15F2N3O3S. The number of halogens is 2. The summed E-state index contributed by atoms with van der Waals surface area (Å²) in [5.74, 6) is -2.37. The summed E-state index contributed by atoms with van der Waals surface area (Å²) in [7, 11) is 0. The van der Waals surface area contributed by atoms with E-state index in [2.05, 4.69) is 5.32 Å². The van der Waals surface area contributed by atoms with Crippen LogP contribution in [0.5, 0.6) is 0 Å². The van der Waals surface area contributed by atoms with Crippen LogP contribution in [0.3, 0.4) is 0 Å². The fourth-order valence-corrected chi connectivity index (χ4v) is 3.99. The number of thiophene rings is 1. The fourth-order valence-electron chi connectivity index (χ4n) is 3.16. The minimum atomic E-state index is -1.05. The minimum Gasteiger partial charge on any atom is -0.324 e. The molecule has 0 bridgehead atoms. The highest BCUT2D eigenvalue weighted by atomic mass is 32.1. The third-order valence-corrected chi connectivity index (χ3v) is 5.52. The second-order valence-corrected chi connectivity index (χ2v) is 7.52. The Morgan fingerprint density at radius 1 is 1.10 bits per heavy atom. The zero-order chi connectivity index (χ0) is 21.4. The second-order valence-electron chi connectivity index (χ2n) is 6.60. The standard InChI is InChI=1S/C21H15F2N3O3S/c1-12-4-2-3-5-15(12)24-18(27)11-25-17-8-9-30-19(17)20(28)26(21(25)29)16-7-6-13(22)10-14(16)23/h2-10H,11H2,1H3,(H,24,27). The number of aromatic nitrogens is 2. The average molecular weight is 427 g/mol. The van der Waals surface area contributed by atoms with Crippen molar-refractivity contribution < 1.29 is 13.6 Å². The van der Waals surface area contributed by atoms with Crippen molar-refractivity contribution in [1.82, 2.24) is 9.13 Å². The van der Waals surface area contributed by atoms with E-state index in [1.54, 1.807) is 23.6 Å². The molecule has 0 aliphatic heterocycles. The number of nitrogens with one attached hydrogen (secondary N) is 1. The van der Waals surface area contributed by atoms with Gasteiger partial charge >= 0.3 is 5.69 Å². The molecule has 30 heavy (non-hydrogen) atoms. The van der Waals surface area contributed by atoms with Crippen molar-refractivity contribution >= 4 is 33.1 Å². The Morgan fingerprint density at radius 3 is 2.60 bits per heavy atom. The summed E-state index contributed by atoms with van der Waals surface area (Å²) in [6, 6.07) is 11.3. The lowest BCUT2D eigenvalue weighted by atomic mass is 10.2. The molecule has 152 valence electrons. The van der Waals surface area contributed by atoms with E-state index >= 15 is 0 Å². The third-order valence-electron chi connectivity index (χ3n) is 4.63. The molecule has 9 heteroatoms. The monoisotopic (exact) mass is 427 g/mol. The molecule has 1 N–H and O–H groups in total. The van der Waals surface area contributed by atoms with Gasteiger partial charge in [0, 0.05) is 11.8 Å². The average Bonchev–Trinajstić information content (AvgIpc) is 3.19. The number of hydrogen-bond acceptors (Lipinski definition) is 4. The fraction of sp³-hybridized carbons (Fsp3) is 0.0952. The third kappa shape index (κ3) is 3.43. The Kier molecular flexibility index (Phi) is 5.04. The van der Waals surface area contributed by atoms with E-state index in [1.807, 2.05) is 19.1 Å². The maximum atomic E-state index is 14.3. The van der Waals surface area contributed by atoms with Crippen LogP contribution in [0.2, 0.25) is 0 Å². The number of nitrogens with zero attached hydrogens (tertiary/aromatic N) is 2. The van der Waals surface area contributed by atoms with Gasteiger partial charge in [-0.3, -0.25) is 14.2 Å². The maximum Gasteiger partial charge on any atom is 0.336 e. The number of aryl methyl sites for hydroxylation is 1. The number of para-hydroxylation sites is 1. The van der Waals surface area contributed by atoms with Gasteiger partial charge in [-0.25, -0.2) is 18.1 Å². The molecule has 4 aromatic rings. The Bertz CT molecular complexity index is 1400. The largest absolute Gasteiger partial charge is 0.336 e. The Balaban J connectivity index is 1.83. The first kappa shape index (κ1) is 19.7. The maximum absolute atomic E-state index is 14.3. The van der Waals surface area contributed by atoms with Gasteiger partial charge in [0.1, 0.15) is 22.9 Å². The number of benzene rings is 2. The summed E-state index contributed by atoms with van der Waals surface area (Å²) in [4.78, 5) is 38.5. The quantitative estimate of drug-likeness (QED) is 0.542. The van der Waals surface area contributed by atoms with Crippen molar-refractivity contribution in [2.45, 2.75) is 13.5 Å². The second kappa shape index (κ2) is 7.68. The van der Waals surface area contributed by atoms with Crippen LogP contribution in [0.1, 0.15) is 5.56 Å². The summed E-state index contributed by atoms with van der Waals surface area (Å²) < 4.78 is 29.5. The van der Waals surface area contributed by atoms with Crippen LogP contribution >= 0.6 is 11.3 Å². The predicted molar refractivity (Wildman–Crippen MR) is 111 cm³/mol. The molecule has 0 aliphatic rings. The van der Waals surface area contributed by atoms with Crippen molar-refractivity contribution in [2.24, 2.45) is 0 Å². The number of anilines is 1. The number of fused-ring (bicyclic) bond motifs is 1. The summed E-state index contributed by atoms with van der Waals surface area (Å²) in [6.07, 6.45) is 0. The SMILES string of the molecule is Cc1ccccc1NC(=O)Cn1c(=O)n(-c2ccc(F)cc2F)c(=O)c2sccc21. The highest BCUT2D eigenvalue weighted by Gasteiger charge is 2.20. The van der Waals surface area contributed by atoms with Crippen molar-refractivity contribution in [1.29, 1.82) is 0 Å². The van der Waals surface area contributed by atoms with Gasteiger partial charge in [-0.1, -0.05) is 18.2 Å². The molecule has 0 aliphatic carbocycles. The van der Waals surface area contributed by atoms with Crippen LogP contribution < -0.4 is 16.6 Å². The van der Waals surface area contributed by atoms with Crippen LogP contribution in [0.4, 0.5) is 14.5 Å². The highest BCUT2D eigenvalue weighted by molar-refractivity contribution is 7.17. The molecule has 2 aromatic carbocycles. The molecule has 1 amide bonds. The number of hydrogen-bond donors (Lipinski definition) is 1. The summed E-state index contributed by atoms with van der Waals surface area (Å²) in [5.41, 5.74) is -0.293. The smallest absolute Gasteiger partial charge is 0.324 e. The van der Waals surface area contributed by atoms with Crippen molar-refractivity contribution in [3.05, 3.63) is 91.9 Å². The molecule has 0 unspecified atom stereocenters. The van der Waals surface area contributed by atoms with E-state index < -0.39 is 28.8 Å². The molecule has 0 radical (unpaired) electrons. The molecule has 2 heterocycles. The van der Waals surface area contributed by atoms with E-state index in [-0.39, 0.29) is 22.4 Å². The molecule has 6 nitrogen and oxygen atoms in total. The van der Waals surface area contributed by atoms with E-state index in [0.717, 1.165) is 33.6 Å². The molecule has 2 aromatic heterocycles. The number of carbonyl (C=O) groups is 1. The summed E-state index contributed by atoms with van der Waals surface area (Å²) in [5, 5.41) is 4.33. The molecule has 0 spiro atoms. The molecule has 0 atom stereocenters. The van der Waals surface area contributed by atoms with Crippen LogP contribution in [0, 0.1) is 18.6 Å². The van der Waals surface area contributed by atoms with Crippen molar-refractivity contribution in [2.75, 3.05) is 5.32 Å². The molecule has 0 saturated heterocycles. The zero-order valence-electron chi connectivity index (χ0n) is 15.7. The van der Waals surface area contributed by atoms with Crippen LogP contribution in [-0.4, -0.2) is 15.0 Å². The molecule has 0 saturated carbocycles. The van der Waals surface area contributed by atoms with Crippen molar-refractivity contribution in [3.8, 4) is 5.69 Å². The lowest BCUT2D eigenvalue weighted by Crippen LogP contribution is -2.40. The summed E-state index contributed by atoms with van der Waals surface area (Å²) >= 11 is 1.07. The van der Waals surface area contributed by atoms with Gasteiger partial charge in [0.05, 0.1) is 11.2 Å². The topological polar surface area (TPSA) is 73.1 Å². The van der Waals surface area contributed by atoms with Gasteiger partial charge in [0.25, 0.3) is 5.56 Å². The van der Waals surface area contributed by atoms with Gasteiger partial charge in [-0.05, 0) is 42.1 Å². The van der Waals surface area contributed by atoms with E-state index in [1.165, 1.54) is 0 Å². The Morgan fingerprint density at radius 2 is 1.87 bits per heavy atom. The first-order valence-electron chi connectivity index (χ1n) is 8.91. The van der Waals surface area contributed by atoms with Gasteiger partial charge in [-0.15, -0.1) is 11.3 Å².